The molecule has 0 saturated carbocycles. The minimum Gasteiger partial charge on any atom is -0.314 e. The van der Waals surface area contributed by atoms with Crippen LogP contribution < -0.4 is 10.6 Å². The van der Waals surface area contributed by atoms with Gasteiger partial charge in [0.1, 0.15) is 11.6 Å². The predicted octanol–water partition coefficient (Wildman–Crippen LogP) is 3.78. The molecule has 6 heteroatoms. The standard InChI is InChI=1S/C14H11BrFN3O/c15-11-6-8-17-13(9-11)19-14(20)18-7-5-10-1-3-12(16)4-2-10/h1-9H,(H2,17,18,19,20)/b7-5+. The van der Waals surface area contributed by atoms with Crippen LogP contribution in [0.15, 0.2) is 53.3 Å². The SMILES string of the molecule is O=C(N/C=C/c1ccc(F)cc1)Nc1cc(Br)ccn1. The summed E-state index contributed by atoms with van der Waals surface area (Å²) in [6.07, 6.45) is 4.71. The highest BCUT2D eigenvalue weighted by molar-refractivity contribution is 9.10. The highest BCUT2D eigenvalue weighted by atomic mass is 79.9. The van der Waals surface area contributed by atoms with Crippen molar-refractivity contribution in [2.45, 2.75) is 0 Å². The van der Waals surface area contributed by atoms with E-state index in [1.807, 2.05) is 0 Å². The first-order chi connectivity index (χ1) is 9.63. The van der Waals surface area contributed by atoms with Crippen LogP contribution in [0.1, 0.15) is 5.56 Å². The Kier molecular flexibility index (Phi) is 4.84. The molecule has 0 radical (unpaired) electrons. The summed E-state index contributed by atoms with van der Waals surface area (Å²) >= 11 is 3.28. The Labute approximate surface area is 123 Å². The average molecular weight is 336 g/mol. The fourth-order valence-electron chi connectivity index (χ4n) is 1.41. The van der Waals surface area contributed by atoms with Crippen LogP contribution in [0.4, 0.5) is 15.0 Å². The molecule has 0 atom stereocenters. The van der Waals surface area contributed by atoms with Crippen molar-refractivity contribution in [2.75, 3.05) is 5.32 Å². The van der Waals surface area contributed by atoms with Crippen molar-refractivity contribution in [1.29, 1.82) is 0 Å². The number of nitrogens with zero attached hydrogens (tertiary/aromatic N) is 1. The molecular weight excluding hydrogens is 325 g/mol. The minimum absolute atomic E-state index is 0.298. The predicted molar refractivity (Wildman–Crippen MR) is 79.5 cm³/mol. The third-order valence-corrected chi connectivity index (χ3v) is 2.82. The monoisotopic (exact) mass is 335 g/mol. The van der Waals surface area contributed by atoms with Gasteiger partial charge in [0.2, 0.25) is 0 Å². The second-order valence-electron chi connectivity index (χ2n) is 3.84. The molecule has 1 heterocycles. The van der Waals surface area contributed by atoms with Gasteiger partial charge in [-0.2, -0.15) is 0 Å². The summed E-state index contributed by atoms with van der Waals surface area (Å²) in [5, 5.41) is 5.11. The number of halogens is 2. The molecule has 2 aromatic rings. The van der Waals surface area contributed by atoms with Gasteiger partial charge < -0.3 is 5.32 Å². The molecule has 0 unspecified atom stereocenters. The van der Waals surface area contributed by atoms with Crippen molar-refractivity contribution in [2.24, 2.45) is 0 Å². The first kappa shape index (κ1) is 14.2. The van der Waals surface area contributed by atoms with Crippen LogP contribution in [0.25, 0.3) is 6.08 Å². The van der Waals surface area contributed by atoms with Crippen molar-refractivity contribution in [3.63, 3.8) is 0 Å². The van der Waals surface area contributed by atoms with Crippen molar-refractivity contribution in [3.05, 3.63) is 64.6 Å². The Morgan fingerprint density at radius 1 is 1.25 bits per heavy atom. The molecule has 0 saturated heterocycles. The maximum absolute atomic E-state index is 12.7. The highest BCUT2D eigenvalue weighted by Crippen LogP contribution is 2.12. The van der Waals surface area contributed by atoms with E-state index in [9.17, 15) is 9.18 Å². The molecule has 0 aliphatic heterocycles. The van der Waals surface area contributed by atoms with E-state index in [-0.39, 0.29) is 5.82 Å². The van der Waals surface area contributed by atoms with E-state index < -0.39 is 6.03 Å². The summed E-state index contributed by atoms with van der Waals surface area (Å²) in [7, 11) is 0. The molecular formula is C14H11BrFN3O. The van der Waals surface area contributed by atoms with Crippen LogP contribution in [0.3, 0.4) is 0 Å². The van der Waals surface area contributed by atoms with Crippen LogP contribution in [0.5, 0.6) is 0 Å². The zero-order chi connectivity index (χ0) is 14.4. The largest absolute Gasteiger partial charge is 0.324 e. The molecule has 2 N–H and O–H groups in total. The Morgan fingerprint density at radius 2 is 2.00 bits per heavy atom. The number of urea groups is 1. The summed E-state index contributed by atoms with van der Waals surface area (Å²) in [5.41, 5.74) is 0.785. The maximum Gasteiger partial charge on any atom is 0.324 e. The molecule has 1 aromatic carbocycles. The number of rotatable bonds is 3. The lowest BCUT2D eigenvalue weighted by Crippen LogP contribution is -2.24. The molecule has 0 aliphatic rings. The fourth-order valence-corrected chi connectivity index (χ4v) is 1.75. The number of aromatic nitrogens is 1. The number of pyridine rings is 1. The van der Waals surface area contributed by atoms with E-state index in [1.165, 1.54) is 18.3 Å². The molecule has 0 bridgehead atoms. The lowest BCUT2D eigenvalue weighted by molar-refractivity contribution is 0.255. The topological polar surface area (TPSA) is 54.0 Å². The summed E-state index contributed by atoms with van der Waals surface area (Å²) < 4.78 is 13.5. The molecule has 2 rings (SSSR count). The first-order valence-corrected chi connectivity index (χ1v) is 6.54. The van der Waals surface area contributed by atoms with E-state index in [1.54, 1.807) is 36.5 Å². The molecule has 102 valence electrons. The number of carbonyl (C=O) groups excluding carboxylic acids is 1. The van der Waals surface area contributed by atoms with Crippen molar-refractivity contribution < 1.29 is 9.18 Å². The van der Waals surface area contributed by atoms with E-state index >= 15 is 0 Å². The van der Waals surface area contributed by atoms with Gasteiger partial charge in [-0.25, -0.2) is 14.2 Å². The first-order valence-electron chi connectivity index (χ1n) is 5.75. The molecule has 20 heavy (non-hydrogen) atoms. The summed E-state index contributed by atoms with van der Waals surface area (Å²) in [6, 6.07) is 8.97. The van der Waals surface area contributed by atoms with E-state index in [4.69, 9.17) is 0 Å². The van der Waals surface area contributed by atoms with Gasteiger partial charge in [-0.1, -0.05) is 28.1 Å². The Balaban J connectivity index is 1.87. The molecule has 0 aliphatic carbocycles. The van der Waals surface area contributed by atoms with E-state index in [0.29, 0.717) is 5.82 Å². The van der Waals surface area contributed by atoms with Crippen molar-refractivity contribution in [1.82, 2.24) is 10.3 Å². The third-order valence-electron chi connectivity index (χ3n) is 2.32. The van der Waals surface area contributed by atoms with Crippen LogP contribution in [0.2, 0.25) is 0 Å². The zero-order valence-corrected chi connectivity index (χ0v) is 11.9. The minimum atomic E-state index is -0.408. The number of nitrogens with one attached hydrogen (secondary N) is 2. The van der Waals surface area contributed by atoms with E-state index in [2.05, 4.69) is 31.5 Å². The van der Waals surface area contributed by atoms with Gasteiger partial charge in [0.05, 0.1) is 0 Å². The van der Waals surface area contributed by atoms with Crippen LogP contribution in [-0.2, 0) is 0 Å². The smallest absolute Gasteiger partial charge is 0.314 e. The van der Waals surface area contributed by atoms with Gasteiger partial charge >= 0.3 is 6.03 Å². The Hall–Kier alpha value is -2.21. The zero-order valence-electron chi connectivity index (χ0n) is 10.3. The Bertz CT molecular complexity index is 629. The molecule has 1 aromatic heterocycles. The lowest BCUT2D eigenvalue weighted by atomic mass is 10.2. The van der Waals surface area contributed by atoms with E-state index in [0.717, 1.165) is 10.0 Å². The summed E-state index contributed by atoms with van der Waals surface area (Å²) in [6.45, 7) is 0. The van der Waals surface area contributed by atoms with Gasteiger partial charge in [-0.05, 0) is 35.9 Å². The number of carbonyl (C=O) groups is 1. The molecule has 4 nitrogen and oxygen atoms in total. The number of anilines is 1. The summed E-state index contributed by atoms with van der Waals surface area (Å²) in [4.78, 5) is 15.6. The quantitative estimate of drug-likeness (QED) is 0.896. The number of amides is 2. The molecule has 0 fully saturated rings. The lowest BCUT2D eigenvalue weighted by Gasteiger charge is -2.03. The number of hydrogen-bond acceptors (Lipinski definition) is 2. The van der Waals surface area contributed by atoms with Gasteiger partial charge in [0.25, 0.3) is 0 Å². The normalized spacial score (nSPS) is 10.5. The van der Waals surface area contributed by atoms with Crippen LogP contribution in [0, 0.1) is 5.82 Å². The molecule has 2 amide bonds. The van der Waals surface area contributed by atoms with Gasteiger partial charge in [0, 0.05) is 16.9 Å². The highest BCUT2D eigenvalue weighted by Gasteiger charge is 2.00. The Morgan fingerprint density at radius 3 is 2.70 bits per heavy atom. The van der Waals surface area contributed by atoms with Gasteiger partial charge in [-0.15, -0.1) is 0 Å². The fraction of sp³-hybridized carbons (Fsp3) is 0. The second-order valence-corrected chi connectivity index (χ2v) is 4.76. The van der Waals surface area contributed by atoms with Crippen molar-refractivity contribution in [3.8, 4) is 0 Å². The number of benzene rings is 1. The van der Waals surface area contributed by atoms with Gasteiger partial charge in [0.15, 0.2) is 0 Å². The van der Waals surface area contributed by atoms with Crippen LogP contribution in [-0.4, -0.2) is 11.0 Å². The average Bonchev–Trinajstić information content (AvgIpc) is 2.41. The second kappa shape index (κ2) is 6.81. The van der Waals surface area contributed by atoms with Gasteiger partial charge in [-0.3, -0.25) is 5.32 Å². The van der Waals surface area contributed by atoms with Crippen LogP contribution >= 0.6 is 15.9 Å². The van der Waals surface area contributed by atoms with Crippen molar-refractivity contribution >= 4 is 33.9 Å². The summed E-state index contributed by atoms with van der Waals surface area (Å²) in [5.74, 6) is 0.139. The third kappa shape index (κ3) is 4.47. The number of hydrogen-bond donors (Lipinski definition) is 2. The maximum atomic E-state index is 12.7. The molecule has 0 spiro atoms.